The van der Waals surface area contributed by atoms with E-state index in [9.17, 15) is 13.6 Å². The molecule has 0 fully saturated rings. The normalized spacial score (nSPS) is 9.64. The van der Waals surface area contributed by atoms with E-state index in [-0.39, 0.29) is 5.69 Å². The average Bonchev–Trinajstić information content (AvgIpc) is 1.94. The van der Waals surface area contributed by atoms with Crippen molar-refractivity contribution in [3.63, 3.8) is 0 Å². The van der Waals surface area contributed by atoms with Gasteiger partial charge in [-0.15, -0.1) is 0 Å². The molecule has 0 radical (unpaired) electrons. The first-order valence-corrected chi connectivity index (χ1v) is 2.73. The second kappa shape index (κ2) is 2.61. The first-order chi connectivity index (χ1) is 5.11. The third kappa shape index (κ3) is 1.49. The van der Waals surface area contributed by atoms with Gasteiger partial charge in [0.05, 0.1) is 0 Å². The largest absolute Gasteiger partial charge is 0.364 e. The van der Waals surface area contributed by atoms with E-state index in [0.717, 1.165) is 12.1 Å². The zero-order valence-corrected chi connectivity index (χ0v) is 5.34. The smallest absolute Gasteiger partial charge is 0.267 e. The number of primary amides is 1. The van der Waals surface area contributed by atoms with E-state index >= 15 is 0 Å². The fourth-order valence-corrected chi connectivity index (χ4v) is 0.555. The van der Waals surface area contributed by atoms with Crippen molar-refractivity contribution < 1.29 is 13.6 Å². The second-order valence-corrected chi connectivity index (χ2v) is 1.83. The van der Waals surface area contributed by atoms with Gasteiger partial charge in [-0.1, -0.05) is 0 Å². The van der Waals surface area contributed by atoms with Gasteiger partial charge in [0.2, 0.25) is 5.95 Å². The lowest BCUT2D eigenvalue weighted by molar-refractivity contribution is 0.0994. The van der Waals surface area contributed by atoms with Crippen molar-refractivity contribution in [2.45, 2.75) is 0 Å². The average molecular weight is 158 g/mol. The minimum absolute atomic E-state index is 0.288. The molecule has 1 aromatic rings. The molecule has 0 saturated heterocycles. The highest BCUT2D eigenvalue weighted by atomic mass is 19.2. The summed E-state index contributed by atoms with van der Waals surface area (Å²) in [5.74, 6) is -3.31. The van der Waals surface area contributed by atoms with E-state index in [2.05, 4.69) is 4.98 Å². The molecule has 0 aliphatic heterocycles. The Morgan fingerprint density at radius 1 is 1.45 bits per heavy atom. The standard InChI is InChI=1S/C6H4F2N2O/c7-3-1-2-4(6(9)11)10-5(3)8/h1-2H,(H2,9,11). The molecule has 58 valence electrons. The number of amides is 1. The Morgan fingerprint density at radius 2 is 2.09 bits per heavy atom. The highest BCUT2D eigenvalue weighted by Crippen LogP contribution is 2.02. The fraction of sp³-hybridized carbons (Fsp3) is 0. The molecule has 0 unspecified atom stereocenters. The molecular formula is C6H4F2N2O. The SMILES string of the molecule is NC(=O)c1ccc(F)c(F)n1. The first-order valence-electron chi connectivity index (χ1n) is 2.73. The molecule has 5 heteroatoms. The lowest BCUT2D eigenvalue weighted by atomic mass is 10.3. The summed E-state index contributed by atoms with van der Waals surface area (Å²) in [7, 11) is 0. The molecule has 0 bridgehead atoms. The molecule has 1 aromatic heterocycles. The van der Waals surface area contributed by atoms with Crippen LogP contribution in [0, 0.1) is 11.8 Å². The van der Waals surface area contributed by atoms with Crippen LogP contribution in [0.3, 0.4) is 0 Å². The van der Waals surface area contributed by atoms with Crippen LogP contribution in [0.5, 0.6) is 0 Å². The molecule has 2 N–H and O–H groups in total. The van der Waals surface area contributed by atoms with E-state index in [1.165, 1.54) is 0 Å². The Hall–Kier alpha value is -1.52. The Bertz CT molecular complexity index is 301. The molecule has 11 heavy (non-hydrogen) atoms. The number of carbonyl (C=O) groups excluding carboxylic acids is 1. The van der Waals surface area contributed by atoms with Crippen LogP contribution in [0.2, 0.25) is 0 Å². The van der Waals surface area contributed by atoms with Gasteiger partial charge >= 0.3 is 0 Å². The number of aromatic nitrogens is 1. The minimum Gasteiger partial charge on any atom is -0.364 e. The van der Waals surface area contributed by atoms with Gasteiger partial charge < -0.3 is 5.73 Å². The molecule has 0 aliphatic rings. The predicted molar refractivity (Wildman–Crippen MR) is 32.7 cm³/mol. The van der Waals surface area contributed by atoms with Crippen LogP contribution in [0.4, 0.5) is 8.78 Å². The van der Waals surface area contributed by atoms with Gasteiger partial charge in [-0.05, 0) is 12.1 Å². The summed E-state index contributed by atoms with van der Waals surface area (Å²) in [4.78, 5) is 13.3. The fourth-order valence-electron chi connectivity index (χ4n) is 0.555. The summed E-state index contributed by atoms with van der Waals surface area (Å²) in [6.07, 6.45) is 0. The van der Waals surface area contributed by atoms with Crippen LogP contribution >= 0.6 is 0 Å². The van der Waals surface area contributed by atoms with Crippen LogP contribution in [-0.2, 0) is 0 Å². The van der Waals surface area contributed by atoms with Gasteiger partial charge in [-0.2, -0.15) is 4.39 Å². The van der Waals surface area contributed by atoms with Crippen molar-refractivity contribution in [2.75, 3.05) is 0 Å². The van der Waals surface area contributed by atoms with E-state index in [1.807, 2.05) is 0 Å². The summed E-state index contributed by atoms with van der Waals surface area (Å²) in [5.41, 5.74) is 4.45. The van der Waals surface area contributed by atoms with E-state index in [4.69, 9.17) is 5.73 Å². The van der Waals surface area contributed by atoms with Gasteiger partial charge in [-0.25, -0.2) is 9.37 Å². The summed E-state index contributed by atoms with van der Waals surface area (Å²) in [6, 6.07) is 1.81. The summed E-state index contributed by atoms with van der Waals surface area (Å²) in [5, 5.41) is 0. The molecule has 0 spiro atoms. The van der Waals surface area contributed by atoms with E-state index in [1.54, 1.807) is 0 Å². The lowest BCUT2D eigenvalue weighted by Gasteiger charge is -1.93. The summed E-state index contributed by atoms with van der Waals surface area (Å²) < 4.78 is 24.4. The highest BCUT2D eigenvalue weighted by molar-refractivity contribution is 5.90. The minimum atomic E-state index is -1.32. The maximum absolute atomic E-state index is 12.2. The molecule has 3 nitrogen and oxygen atoms in total. The third-order valence-electron chi connectivity index (χ3n) is 1.06. The number of nitrogens with zero attached hydrogens (tertiary/aromatic N) is 1. The molecule has 0 atom stereocenters. The Balaban J connectivity index is 3.15. The van der Waals surface area contributed by atoms with Crippen molar-refractivity contribution in [1.82, 2.24) is 4.98 Å². The number of hydrogen-bond acceptors (Lipinski definition) is 2. The van der Waals surface area contributed by atoms with Gasteiger partial charge in [0.15, 0.2) is 5.82 Å². The monoisotopic (exact) mass is 158 g/mol. The number of halogens is 2. The summed E-state index contributed by atoms with van der Waals surface area (Å²) in [6.45, 7) is 0. The topological polar surface area (TPSA) is 56.0 Å². The molecule has 1 amide bonds. The van der Waals surface area contributed by atoms with Crippen molar-refractivity contribution in [2.24, 2.45) is 5.73 Å². The maximum Gasteiger partial charge on any atom is 0.267 e. The zero-order valence-electron chi connectivity index (χ0n) is 5.34. The van der Waals surface area contributed by atoms with E-state index < -0.39 is 17.7 Å². The molecular weight excluding hydrogens is 154 g/mol. The molecule has 0 saturated carbocycles. The van der Waals surface area contributed by atoms with E-state index in [0.29, 0.717) is 0 Å². The Labute approximate surface area is 60.8 Å². The van der Waals surface area contributed by atoms with Gasteiger partial charge in [0.1, 0.15) is 5.69 Å². The van der Waals surface area contributed by atoms with Crippen molar-refractivity contribution in [1.29, 1.82) is 0 Å². The third-order valence-corrected chi connectivity index (χ3v) is 1.06. The number of nitrogens with two attached hydrogens (primary N) is 1. The van der Waals surface area contributed by atoms with Crippen molar-refractivity contribution in [3.05, 3.63) is 29.6 Å². The number of carbonyl (C=O) groups is 1. The molecule has 1 rings (SSSR count). The highest BCUT2D eigenvalue weighted by Gasteiger charge is 2.07. The van der Waals surface area contributed by atoms with Gasteiger partial charge in [0, 0.05) is 0 Å². The van der Waals surface area contributed by atoms with Gasteiger partial charge in [0.25, 0.3) is 5.91 Å². The van der Waals surface area contributed by atoms with Crippen molar-refractivity contribution >= 4 is 5.91 Å². The Morgan fingerprint density at radius 3 is 2.55 bits per heavy atom. The van der Waals surface area contributed by atoms with Crippen LogP contribution in [0.25, 0.3) is 0 Å². The molecule has 1 heterocycles. The maximum atomic E-state index is 12.2. The van der Waals surface area contributed by atoms with Crippen LogP contribution < -0.4 is 5.73 Å². The Kier molecular flexibility index (Phi) is 1.80. The van der Waals surface area contributed by atoms with Crippen LogP contribution in [0.1, 0.15) is 10.5 Å². The summed E-state index contributed by atoms with van der Waals surface area (Å²) >= 11 is 0. The van der Waals surface area contributed by atoms with Crippen molar-refractivity contribution in [3.8, 4) is 0 Å². The number of rotatable bonds is 1. The quantitative estimate of drug-likeness (QED) is 0.603. The number of hydrogen-bond donors (Lipinski definition) is 1. The molecule has 0 aliphatic carbocycles. The predicted octanol–water partition coefficient (Wildman–Crippen LogP) is 0.459. The molecule has 0 aromatic carbocycles. The van der Waals surface area contributed by atoms with Crippen LogP contribution in [0.15, 0.2) is 12.1 Å². The first kappa shape index (κ1) is 7.59. The lowest BCUT2D eigenvalue weighted by Crippen LogP contribution is -2.14. The zero-order chi connectivity index (χ0) is 8.43. The second-order valence-electron chi connectivity index (χ2n) is 1.83. The number of pyridine rings is 1. The van der Waals surface area contributed by atoms with Crippen LogP contribution in [-0.4, -0.2) is 10.9 Å². The van der Waals surface area contributed by atoms with Gasteiger partial charge in [-0.3, -0.25) is 4.79 Å².